The van der Waals surface area contributed by atoms with Gasteiger partial charge in [0.05, 0.1) is 9.92 Å². The molecule has 0 aliphatic rings. The summed E-state index contributed by atoms with van der Waals surface area (Å²) in [6, 6.07) is 11.3. The maximum Gasteiger partial charge on any atom is 0.268 e. The fraction of sp³-hybridized carbons (Fsp3) is 0.0625. The zero-order valence-electron chi connectivity index (χ0n) is 13.4. The Labute approximate surface area is 153 Å². The Kier molecular flexibility index (Phi) is 3.89. The third-order valence-corrected chi connectivity index (χ3v) is 5.78. The fourth-order valence-electron chi connectivity index (χ4n) is 2.49. The highest BCUT2D eigenvalue weighted by atomic mass is 35.5. The van der Waals surface area contributed by atoms with Crippen LogP contribution in [0, 0.1) is 6.92 Å². The van der Waals surface area contributed by atoms with Gasteiger partial charge in [-0.3, -0.25) is 0 Å². The van der Waals surface area contributed by atoms with E-state index in [1.165, 1.54) is 12.3 Å². The molecule has 0 bridgehead atoms. The fourth-order valence-corrected chi connectivity index (χ4v) is 4.14. The lowest BCUT2D eigenvalue weighted by Gasteiger charge is -2.10. The molecule has 0 saturated carbocycles. The summed E-state index contributed by atoms with van der Waals surface area (Å²) >= 11 is 6.24. The van der Waals surface area contributed by atoms with E-state index in [9.17, 15) is 8.42 Å². The van der Waals surface area contributed by atoms with E-state index in [0.29, 0.717) is 5.76 Å². The van der Waals surface area contributed by atoms with Gasteiger partial charge >= 0.3 is 0 Å². The van der Waals surface area contributed by atoms with Crippen molar-refractivity contribution in [3.8, 4) is 23.0 Å². The van der Waals surface area contributed by atoms with Crippen LogP contribution < -0.4 is 0 Å². The van der Waals surface area contributed by atoms with Gasteiger partial charge in [-0.25, -0.2) is 12.4 Å². The van der Waals surface area contributed by atoms with Gasteiger partial charge in [0.15, 0.2) is 11.5 Å². The van der Waals surface area contributed by atoms with Crippen LogP contribution in [0.4, 0.5) is 0 Å². The lowest BCUT2D eigenvalue weighted by atomic mass is 10.2. The summed E-state index contributed by atoms with van der Waals surface area (Å²) in [6.07, 6.45) is 1.39. The van der Waals surface area contributed by atoms with Gasteiger partial charge in [-0.2, -0.15) is 5.21 Å². The zero-order valence-corrected chi connectivity index (χ0v) is 15.0. The van der Waals surface area contributed by atoms with Gasteiger partial charge in [0.1, 0.15) is 5.69 Å². The minimum atomic E-state index is -3.84. The summed E-state index contributed by atoms with van der Waals surface area (Å²) in [6.45, 7) is 1.89. The number of aromatic amines is 1. The zero-order chi connectivity index (χ0) is 18.3. The van der Waals surface area contributed by atoms with Crippen LogP contribution in [0.2, 0.25) is 5.02 Å². The van der Waals surface area contributed by atoms with Crippen LogP contribution in [0.5, 0.6) is 0 Å². The molecule has 132 valence electrons. The maximum absolute atomic E-state index is 13.0. The molecule has 0 atom stereocenters. The first-order chi connectivity index (χ1) is 12.5. The average Bonchev–Trinajstić information content (AvgIpc) is 3.35. The molecular formula is C16H12ClN5O3S. The predicted molar refractivity (Wildman–Crippen MR) is 94.1 cm³/mol. The molecule has 0 radical (unpaired) electrons. The lowest BCUT2D eigenvalue weighted by molar-refractivity contribution is 0.577. The molecule has 26 heavy (non-hydrogen) atoms. The van der Waals surface area contributed by atoms with Crippen molar-refractivity contribution < 1.29 is 12.8 Å². The summed E-state index contributed by atoms with van der Waals surface area (Å²) in [5, 5.41) is 13.7. The van der Waals surface area contributed by atoms with E-state index in [1.54, 1.807) is 36.4 Å². The number of H-pyrrole nitrogens is 1. The molecule has 0 aliphatic carbocycles. The molecule has 3 heterocycles. The van der Waals surface area contributed by atoms with Crippen LogP contribution in [0.25, 0.3) is 23.0 Å². The molecule has 0 saturated heterocycles. The number of nitrogens with zero attached hydrogens (tertiary/aromatic N) is 4. The van der Waals surface area contributed by atoms with Crippen molar-refractivity contribution in [2.24, 2.45) is 0 Å². The SMILES string of the molecule is Cc1ccc(S(=O)(=O)n2ccc(Cl)c2-c2ccc(-c3nn[nH]n3)o2)cc1. The number of halogens is 1. The largest absolute Gasteiger partial charge is 0.451 e. The van der Waals surface area contributed by atoms with Crippen LogP contribution in [0.3, 0.4) is 0 Å². The number of hydrogen-bond acceptors (Lipinski definition) is 6. The smallest absolute Gasteiger partial charge is 0.268 e. The highest BCUT2D eigenvalue weighted by molar-refractivity contribution is 7.90. The van der Waals surface area contributed by atoms with Crippen molar-refractivity contribution in [2.75, 3.05) is 0 Å². The number of benzene rings is 1. The normalized spacial score (nSPS) is 11.8. The third-order valence-electron chi connectivity index (χ3n) is 3.79. The lowest BCUT2D eigenvalue weighted by Crippen LogP contribution is -2.13. The molecule has 10 heteroatoms. The van der Waals surface area contributed by atoms with Crippen LogP contribution >= 0.6 is 11.6 Å². The molecule has 1 N–H and O–H groups in total. The molecule has 0 aliphatic heterocycles. The number of nitrogens with one attached hydrogen (secondary N) is 1. The summed E-state index contributed by atoms with van der Waals surface area (Å²) < 4.78 is 32.8. The molecule has 1 aromatic carbocycles. The van der Waals surface area contributed by atoms with Crippen LogP contribution in [-0.4, -0.2) is 33.0 Å². The Hall–Kier alpha value is -2.91. The monoisotopic (exact) mass is 389 g/mol. The summed E-state index contributed by atoms with van der Waals surface area (Å²) in [5.41, 5.74) is 1.19. The van der Waals surface area contributed by atoms with Crippen molar-refractivity contribution in [1.29, 1.82) is 0 Å². The van der Waals surface area contributed by atoms with Gasteiger partial charge in [-0.05, 0) is 42.5 Å². The molecule has 4 aromatic rings. The Morgan fingerprint density at radius 1 is 1.08 bits per heavy atom. The van der Waals surface area contributed by atoms with Gasteiger partial charge in [0, 0.05) is 6.20 Å². The first-order valence-corrected chi connectivity index (χ1v) is 9.32. The number of rotatable bonds is 4. The third kappa shape index (κ3) is 2.71. The number of aryl methyl sites for hydroxylation is 1. The van der Waals surface area contributed by atoms with Gasteiger partial charge in [0.2, 0.25) is 5.82 Å². The van der Waals surface area contributed by atoms with E-state index < -0.39 is 10.0 Å². The second-order valence-electron chi connectivity index (χ2n) is 5.53. The average molecular weight is 390 g/mol. The standard InChI is InChI=1S/C16H12ClN5O3S/c1-10-2-4-11(5-3-10)26(23,24)22-9-8-12(17)15(22)13-6-7-14(25-13)16-18-20-21-19-16/h2-9H,1H3,(H,18,19,20,21). The first-order valence-electron chi connectivity index (χ1n) is 7.50. The van der Waals surface area contributed by atoms with E-state index in [-0.39, 0.29) is 27.2 Å². The Morgan fingerprint density at radius 2 is 1.81 bits per heavy atom. The van der Waals surface area contributed by atoms with Crippen molar-refractivity contribution in [1.82, 2.24) is 24.6 Å². The van der Waals surface area contributed by atoms with Crippen LogP contribution in [0.15, 0.2) is 58.0 Å². The Morgan fingerprint density at radius 3 is 2.50 bits per heavy atom. The number of hydrogen-bond donors (Lipinski definition) is 1. The molecule has 0 spiro atoms. The van der Waals surface area contributed by atoms with Gasteiger partial charge < -0.3 is 4.42 Å². The molecule has 0 amide bonds. The first kappa shape index (κ1) is 16.6. The minimum Gasteiger partial charge on any atom is -0.451 e. The van der Waals surface area contributed by atoms with Gasteiger partial charge in [-0.1, -0.05) is 29.3 Å². The molecular weight excluding hydrogens is 378 g/mol. The summed E-state index contributed by atoms with van der Waals surface area (Å²) in [4.78, 5) is 0.154. The number of aromatic nitrogens is 5. The summed E-state index contributed by atoms with van der Waals surface area (Å²) in [5.74, 6) is 0.868. The quantitative estimate of drug-likeness (QED) is 0.574. The van der Waals surface area contributed by atoms with Crippen molar-refractivity contribution in [3.63, 3.8) is 0 Å². The molecule has 3 aromatic heterocycles. The number of tetrazole rings is 1. The second kappa shape index (κ2) is 6.11. The predicted octanol–water partition coefficient (Wildman–Crippen LogP) is 3.13. The van der Waals surface area contributed by atoms with Crippen LogP contribution in [0.1, 0.15) is 5.56 Å². The van der Waals surface area contributed by atoms with E-state index in [1.807, 2.05) is 6.92 Å². The van der Waals surface area contributed by atoms with E-state index in [4.69, 9.17) is 16.0 Å². The molecule has 4 rings (SSSR count). The highest BCUT2D eigenvalue weighted by Gasteiger charge is 2.25. The molecule has 0 fully saturated rings. The molecule has 0 unspecified atom stereocenters. The van der Waals surface area contributed by atoms with E-state index in [0.717, 1.165) is 9.54 Å². The van der Waals surface area contributed by atoms with Gasteiger partial charge in [-0.15, -0.1) is 10.2 Å². The van der Waals surface area contributed by atoms with Crippen molar-refractivity contribution >= 4 is 21.6 Å². The second-order valence-corrected chi connectivity index (χ2v) is 7.75. The van der Waals surface area contributed by atoms with Crippen LogP contribution in [-0.2, 0) is 10.0 Å². The highest BCUT2D eigenvalue weighted by Crippen LogP contribution is 2.34. The summed E-state index contributed by atoms with van der Waals surface area (Å²) in [7, 11) is -3.84. The maximum atomic E-state index is 13.0. The topological polar surface area (TPSA) is 107 Å². The minimum absolute atomic E-state index is 0.154. The van der Waals surface area contributed by atoms with E-state index in [2.05, 4.69) is 20.6 Å². The van der Waals surface area contributed by atoms with Crippen molar-refractivity contribution in [3.05, 3.63) is 59.2 Å². The molecule has 8 nitrogen and oxygen atoms in total. The Bertz CT molecular complexity index is 1160. The number of furan rings is 1. The van der Waals surface area contributed by atoms with Gasteiger partial charge in [0.25, 0.3) is 10.0 Å². The Balaban J connectivity index is 1.82. The van der Waals surface area contributed by atoms with Crippen molar-refractivity contribution in [2.45, 2.75) is 11.8 Å². The van der Waals surface area contributed by atoms with E-state index >= 15 is 0 Å².